The summed E-state index contributed by atoms with van der Waals surface area (Å²) in [5.74, 6) is 0.803. The van der Waals surface area contributed by atoms with Crippen LogP contribution in [-0.2, 0) is 4.74 Å². The number of carbonyl (C=O) groups is 1. The number of amides is 1. The molecule has 0 aromatic heterocycles. The Morgan fingerprint density at radius 2 is 1.71 bits per heavy atom. The molecular formula is C16H18N2O3. The SMILES string of the molecule is CCOc1ccccc1Nc1ccc(NC(=O)OC)cc1. The van der Waals surface area contributed by atoms with E-state index in [2.05, 4.69) is 15.4 Å². The van der Waals surface area contributed by atoms with Gasteiger partial charge in [0.05, 0.1) is 19.4 Å². The van der Waals surface area contributed by atoms with Gasteiger partial charge in [0.15, 0.2) is 0 Å². The molecule has 0 fully saturated rings. The predicted octanol–water partition coefficient (Wildman–Crippen LogP) is 4.01. The molecule has 110 valence electrons. The highest BCUT2D eigenvalue weighted by Crippen LogP contribution is 2.27. The lowest BCUT2D eigenvalue weighted by Crippen LogP contribution is -2.10. The summed E-state index contributed by atoms with van der Waals surface area (Å²) in [6.07, 6.45) is -0.489. The zero-order valence-corrected chi connectivity index (χ0v) is 12.1. The van der Waals surface area contributed by atoms with Crippen molar-refractivity contribution in [1.29, 1.82) is 0 Å². The topological polar surface area (TPSA) is 59.6 Å². The number of anilines is 3. The van der Waals surface area contributed by atoms with Gasteiger partial charge in [-0.05, 0) is 43.3 Å². The van der Waals surface area contributed by atoms with Crippen molar-refractivity contribution in [3.05, 3.63) is 48.5 Å². The van der Waals surface area contributed by atoms with Crippen LogP contribution in [0.25, 0.3) is 0 Å². The van der Waals surface area contributed by atoms with E-state index in [1.165, 1.54) is 7.11 Å². The molecule has 1 amide bonds. The Morgan fingerprint density at radius 3 is 2.38 bits per heavy atom. The van der Waals surface area contributed by atoms with Crippen LogP contribution < -0.4 is 15.4 Å². The molecule has 5 nitrogen and oxygen atoms in total. The van der Waals surface area contributed by atoms with Crippen LogP contribution in [0.4, 0.5) is 21.9 Å². The minimum Gasteiger partial charge on any atom is -0.492 e. The van der Waals surface area contributed by atoms with Gasteiger partial charge in [-0.25, -0.2) is 4.79 Å². The van der Waals surface area contributed by atoms with E-state index in [9.17, 15) is 4.79 Å². The molecule has 0 saturated carbocycles. The number of hydrogen-bond acceptors (Lipinski definition) is 4. The fourth-order valence-corrected chi connectivity index (χ4v) is 1.81. The Balaban J connectivity index is 2.08. The van der Waals surface area contributed by atoms with Crippen LogP contribution in [0.2, 0.25) is 0 Å². The van der Waals surface area contributed by atoms with Gasteiger partial charge in [0.1, 0.15) is 5.75 Å². The quantitative estimate of drug-likeness (QED) is 0.872. The van der Waals surface area contributed by atoms with E-state index in [4.69, 9.17) is 4.74 Å². The monoisotopic (exact) mass is 286 g/mol. The molecule has 0 aliphatic heterocycles. The highest BCUT2D eigenvalue weighted by atomic mass is 16.5. The average Bonchev–Trinajstić information content (AvgIpc) is 2.51. The Labute approximate surface area is 123 Å². The highest BCUT2D eigenvalue weighted by molar-refractivity contribution is 5.84. The second-order valence-electron chi connectivity index (χ2n) is 4.25. The van der Waals surface area contributed by atoms with E-state index in [-0.39, 0.29) is 0 Å². The van der Waals surface area contributed by atoms with Gasteiger partial charge in [0.25, 0.3) is 0 Å². The van der Waals surface area contributed by atoms with Gasteiger partial charge < -0.3 is 14.8 Å². The first kappa shape index (κ1) is 14.7. The number of benzene rings is 2. The summed E-state index contributed by atoms with van der Waals surface area (Å²) < 4.78 is 10.1. The van der Waals surface area contributed by atoms with E-state index < -0.39 is 6.09 Å². The van der Waals surface area contributed by atoms with Crippen molar-refractivity contribution in [2.75, 3.05) is 24.4 Å². The average molecular weight is 286 g/mol. The lowest BCUT2D eigenvalue weighted by Gasteiger charge is -2.12. The van der Waals surface area contributed by atoms with Crippen LogP contribution in [0.15, 0.2) is 48.5 Å². The lowest BCUT2D eigenvalue weighted by atomic mass is 10.2. The number of para-hydroxylation sites is 2. The Morgan fingerprint density at radius 1 is 1.05 bits per heavy atom. The first-order chi connectivity index (χ1) is 10.2. The molecule has 2 rings (SSSR count). The first-order valence-electron chi connectivity index (χ1n) is 6.67. The van der Waals surface area contributed by atoms with Crippen LogP contribution in [0.5, 0.6) is 5.75 Å². The van der Waals surface area contributed by atoms with Crippen molar-refractivity contribution in [3.8, 4) is 5.75 Å². The van der Waals surface area contributed by atoms with Gasteiger partial charge in [-0.2, -0.15) is 0 Å². The van der Waals surface area contributed by atoms with Crippen LogP contribution in [0, 0.1) is 0 Å². The molecule has 2 aromatic rings. The summed E-state index contributed by atoms with van der Waals surface area (Å²) >= 11 is 0. The van der Waals surface area contributed by atoms with Gasteiger partial charge in [-0.15, -0.1) is 0 Å². The number of ether oxygens (including phenoxy) is 2. The number of nitrogens with one attached hydrogen (secondary N) is 2. The van der Waals surface area contributed by atoms with E-state index in [1.54, 1.807) is 12.1 Å². The van der Waals surface area contributed by atoms with Crippen molar-refractivity contribution in [2.24, 2.45) is 0 Å². The minimum atomic E-state index is -0.489. The van der Waals surface area contributed by atoms with Crippen LogP contribution in [0.3, 0.4) is 0 Å². The third-order valence-electron chi connectivity index (χ3n) is 2.78. The molecule has 0 atom stereocenters. The minimum absolute atomic E-state index is 0.489. The molecule has 5 heteroatoms. The molecule has 21 heavy (non-hydrogen) atoms. The second kappa shape index (κ2) is 7.19. The molecule has 0 bridgehead atoms. The molecular weight excluding hydrogens is 268 g/mol. The van der Waals surface area contributed by atoms with Crippen molar-refractivity contribution >= 4 is 23.2 Å². The van der Waals surface area contributed by atoms with Crippen LogP contribution in [-0.4, -0.2) is 19.8 Å². The molecule has 0 radical (unpaired) electrons. The van der Waals surface area contributed by atoms with Gasteiger partial charge in [0.2, 0.25) is 0 Å². The fraction of sp³-hybridized carbons (Fsp3) is 0.188. The lowest BCUT2D eigenvalue weighted by molar-refractivity contribution is 0.187. The normalized spacial score (nSPS) is 9.81. The van der Waals surface area contributed by atoms with Gasteiger partial charge >= 0.3 is 6.09 Å². The standard InChI is InChI=1S/C16H18N2O3/c1-3-21-15-7-5-4-6-14(15)17-12-8-10-13(11-9-12)18-16(19)20-2/h4-11,17H,3H2,1-2H3,(H,18,19). The summed E-state index contributed by atoms with van der Waals surface area (Å²) in [7, 11) is 1.33. The second-order valence-corrected chi connectivity index (χ2v) is 4.25. The Kier molecular flexibility index (Phi) is 5.04. The fourth-order valence-electron chi connectivity index (χ4n) is 1.81. The van der Waals surface area contributed by atoms with Crippen LogP contribution in [0.1, 0.15) is 6.92 Å². The third-order valence-corrected chi connectivity index (χ3v) is 2.78. The van der Waals surface area contributed by atoms with Gasteiger partial charge in [0, 0.05) is 11.4 Å². The zero-order valence-electron chi connectivity index (χ0n) is 12.1. The van der Waals surface area contributed by atoms with Crippen molar-refractivity contribution in [1.82, 2.24) is 0 Å². The van der Waals surface area contributed by atoms with E-state index in [0.717, 1.165) is 17.1 Å². The van der Waals surface area contributed by atoms with Gasteiger partial charge in [-0.1, -0.05) is 12.1 Å². The van der Waals surface area contributed by atoms with Gasteiger partial charge in [-0.3, -0.25) is 5.32 Å². The summed E-state index contributed by atoms with van der Waals surface area (Å²) in [6, 6.07) is 15.1. The zero-order chi connectivity index (χ0) is 15.1. The molecule has 0 aliphatic rings. The maximum absolute atomic E-state index is 11.1. The maximum atomic E-state index is 11.1. The molecule has 0 spiro atoms. The summed E-state index contributed by atoms with van der Waals surface area (Å²) in [6.45, 7) is 2.56. The van der Waals surface area contributed by atoms with Crippen molar-refractivity contribution in [3.63, 3.8) is 0 Å². The molecule has 0 unspecified atom stereocenters. The van der Waals surface area contributed by atoms with E-state index in [1.807, 2.05) is 43.3 Å². The molecule has 2 N–H and O–H groups in total. The molecule has 0 saturated heterocycles. The largest absolute Gasteiger partial charge is 0.492 e. The Hall–Kier alpha value is -2.69. The molecule has 2 aromatic carbocycles. The van der Waals surface area contributed by atoms with E-state index in [0.29, 0.717) is 12.3 Å². The highest BCUT2D eigenvalue weighted by Gasteiger charge is 2.04. The first-order valence-corrected chi connectivity index (χ1v) is 6.67. The van der Waals surface area contributed by atoms with Crippen molar-refractivity contribution in [2.45, 2.75) is 6.92 Å². The summed E-state index contributed by atoms with van der Waals surface area (Å²) in [5.41, 5.74) is 2.47. The van der Waals surface area contributed by atoms with Crippen LogP contribution >= 0.6 is 0 Å². The number of rotatable bonds is 5. The van der Waals surface area contributed by atoms with E-state index >= 15 is 0 Å². The van der Waals surface area contributed by atoms with Crippen molar-refractivity contribution < 1.29 is 14.3 Å². The molecule has 0 aliphatic carbocycles. The molecule has 0 heterocycles. The number of hydrogen-bond donors (Lipinski definition) is 2. The summed E-state index contributed by atoms with van der Waals surface area (Å²) in [4.78, 5) is 11.1. The third kappa shape index (κ3) is 4.14. The number of carbonyl (C=O) groups excluding carboxylic acids is 1. The maximum Gasteiger partial charge on any atom is 0.411 e. The smallest absolute Gasteiger partial charge is 0.411 e. The Bertz CT molecular complexity index is 597. The summed E-state index contributed by atoms with van der Waals surface area (Å²) in [5, 5.41) is 5.88. The predicted molar refractivity (Wildman–Crippen MR) is 83.4 cm³/mol. The number of methoxy groups -OCH3 is 1.